The second-order valence-electron chi connectivity index (χ2n) is 4.81. The highest BCUT2D eigenvalue weighted by molar-refractivity contribution is 5.14. The first-order chi connectivity index (χ1) is 10.2. The molecule has 0 saturated heterocycles. The Hall–Kier alpha value is -1.78. The second kappa shape index (κ2) is 7.86. The summed E-state index contributed by atoms with van der Waals surface area (Å²) in [6.45, 7) is -0.933. The molecule has 0 fully saturated rings. The van der Waals surface area contributed by atoms with Crippen LogP contribution in [0.4, 0.5) is 8.78 Å². The van der Waals surface area contributed by atoms with Crippen molar-refractivity contribution >= 4 is 0 Å². The van der Waals surface area contributed by atoms with Gasteiger partial charge in [-0.3, -0.25) is 0 Å². The van der Waals surface area contributed by atoms with Gasteiger partial charge >= 0.3 is 0 Å². The van der Waals surface area contributed by atoms with Crippen molar-refractivity contribution in [3.63, 3.8) is 0 Å². The summed E-state index contributed by atoms with van der Waals surface area (Å²) in [5, 5.41) is 0. The number of ether oxygens (including phenoxy) is 2. The quantitative estimate of drug-likeness (QED) is 0.730. The highest BCUT2D eigenvalue weighted by Crippen LogP contribution is 2.16. The van der Waals surface area contributed by atoms with Crippen molar-refractivity contribution in [2.75, 3.05) is 13.2 Å². The van der Waals surface area contributed by atoms with E-state index in [1.807, 2.05) is 60.7 Å². The molecule has 2 aromatic carbocycles. The van der Waals surface area contributed by atoms with Gasteiger partial charge < -0.3 is 9.47 Å². The van der Waals surface area contributed by atoms with Crippen LogP contribution in [0.5, 0.6) is 0 Å². The summed E-state index contributed by atoms with van der Waals surface area (Å²) >= 11 is 0. The second-order valence-corrected chi connectivity index (χ2v) is 4.81. The molecule has 0 saturated carbocycles. The SMILES string of the molecule is FC(F)(COCc1ccccc1)COCc1ccccc1. The molecule has 112 valence electrons. The first kappa shape index (κ1) is 15.6. The topological polar surface area (TPSA) is 18.5 Å². The lowest BCUT2D eigenvalue weighted by Crippen LogP contribution is -2.29. The van der Waals surface area contributed by atoms with E-state index in [1.54, 1.807) is 0 Å². The van der Waals surface area contributed by atoms with Crippen LogP contribution >= 0.6 is 0 Å². The first-order valence-electron chi connectivity index (χ1n) is 6.77. The predicted octanol–water partition coefficient (Wildman–Crippen LogP) is 4.06. The summed E-state index contributed by atoms with van der Waals surface area (Å²) in [7, 11) is 0. The smallest absolute Gasteiger partial charge is 0.293 e. The molecule has 0 unspecified atom stereocenters. The maximum atomic E-state index is 13.6. The van der Waals surface area contributed by atoms with Gasteiger partial charge in [-0.15, -0.1) is 0 Å². The molecule has 2 aromatic rings. The molecular formula is C17H18F2O2. The van der Waals surface area contributed by atoms with Crippen LogP contribution in [0, 0.1) is 0 Å². The minimum absolute atomic E-state index is 0.176. The maximum absolute atomic E-state index is 13.6. The van der Waals surface area contributed by atoms with E-state index in [2.05, 4.69) is 0 Å². The van der Waals surface area contributed by atoms with Crippen molar-refractivity contribution in [3.05, 3.63) is 71.8 Å². The lowest BCUT2D eigenvalue weighted by molar-refractivity contribution is -0.129. The lowest BCUT2D eigenvalue weighted by atomic mass is 10.2. The van der Waals surface area contributed by atoms with Crippen molar-refractivity contribution in [1.29, 1.82) is 0 Å². The summed E-state index contributed by atoms with van der Waals surface area (Å²) in [6, 6.07) is 18.5. The van der Waals surface area contributed by atoms with Crippen molar-refractivity contribution in [3.8, 4) is 0 Å². The molecule has 2 nitrogen and oxygen atoms in total. The fraction of sp³-hybridized carbons (Fsp3) is 0.294. The molecule has 0 amide bonds. The fourth-order valence-electron chi connectivity index (χ4n) is 1.83. The Kier molecular flexibility index (Phi) is 5.84. The number of rotatable bonds is 8. The largest absolute Gasteiger partial charge is 0.370 e. The average molecular weight is 292 g/mol. The van der Waals surface area contributed by atoms with E-state index in [-0.39, 0.29) is 13.2 Å². The maximum Gasteiger partial charge on any atom is 0.293 e. The molecule has 21 heavy (non-hydrogen) atoms. The van der Waals surface area contributed by atoms with E-state index in [4.69, 9.17) is 9.47 Å². The number of hydrogen-bond donors (Lipinski definition) is 0. The van der Waals surface area contributed by atoms with Gasteiger partial charge in [0.1, 0.15) is 13.2 Å². The predicted molar refractivity (Wildman–Crippen MR) is 77.1 cm³/mol. The number of hydrogen-bond acceptors (Lipinski definition) is 2. The van der Waals surface area contributed by atoms with Crippen LogP contribution in [0.3, 0.4) is 0 Å². The monoisotopic (exact) mass is 292 g/mol. The Labute approximate surface area is 123 Å². The number of alkyl halides is 2. The molecule has 0 aliphatic carbocycles. The van der Waals surface area contributed by atoms with Gasteiger partial charge in [0, 0.05) is 0 Å². The third kappa shape index (κ3) is 6.02. The van der Waals surface area contributed by atoms with E-state index in [9.17, 15) is 8.78 Å². The zero-order valence-electron chi connectivity index (χ0n) is 11.7. The summed E-state index contributed by atoms with van der Waals surface area (Å²) in [5.74, 6) is -2.98. The molecule has 0 aliphatic rings. The van der Waals surface area contributed by atoms with Crippen LogP contribution in [-0.2, 0) is 22.7 Å². The van der Waals surface area contributed by atoms with Crippen LogP contribution in [0.2, 0.25) is 0 Å². The standard InChI is InChI=1S/C17H18F2O2/c18-17(19,13-20-11-15-7-3-1-4-8-15)14-21-12-16-9-5-2-6-10-16/h1-10H,11-14H2. The molecule has 0 radical (unpaired) electrons. The van der Waals surface area contributed by atoms with Crippen molar-refractivity contribution in [2.45, 2.75) is 19.1 Å². The van der Waals surface area contributed by atoms with Crippen LogP contribution in [0.25, 0.3) is 0 Å². The molecule has 0 heterocycles. The Morgan fingerprint density at radius 3 is 1.43 bits per heavy atom. The normalized spacial score (nSPS) is 11.5. The zero-order chi connectivity index (χ0) is 15.0. The van der Waals surface area contributed by atoms with Crippen LogP contribution in [0.15, 0.2) is 60.7 Å². The Morgan fingerprint density at radius 1 is 0.667 bits per heavy atom. The molecule has 0 aromatic heterocycles. The Balaban J connectivity index is 1.67. The molecule has 4 heteroatoms. The molecule has 0 spiro atoms. The van der Waals surface area contributed by atoms with Crippen LogP contribution in [-0.4, -0.2) is 19.1 Å². The lowest BCUT2D eigenvalue weighted by Gasteiger charge is -2.16. The fourth-order valence-corrected chi connectivity index (χ4v) is 1.83. The van der Waals surface area contributed by atoms with Gasteiger partial charge in [0.05, 0.1) is 13.2 Å². The highest BCUT2D eigenvalue weighted by Gasteiger charge is 2.29. The van der Waals surface area contributed by atoms with Crippen molar-refractivity contribution in [1.82, 2.24) is 0 Å². The van der Waals surface area contributed by atoms with Crippen LogP contribution < -0.4 is 0 Å². The van der Waals surface area contributed by atoms with E-state index in [1.165, 1.54) is 0 Å². The first-order valence-corrected chi connectivity index (χ1v) is 6.77. The molecule has 0 aliphatic heterocycles. The van der Waals surface area contributed by atoms with E-state index in [0.717, 1.165) is 11.1 Å². The van der Waals surface area contributed by atoms with Gasteiger partial charge in [0.15, 0.2) is 0 Å². The summed E-state index contributed by atoms with van der Waals surface area (Å²) in [6.07, 6.45) is 0. The summed E-state index contributed by atoms with van der Waals surface area (Å²) < 4.78 is 37.3. The zero-order valence-corrected chi connectivity index (χ0v) is 11.7. The van der Waals surface area contributed by atoms with Gasteiger partial charge in [-0.2, -0.15) is 0 Å². The van der Waals surface area contributed by atoms with Gasteiger partial charge in [-0.1, -0.05) is 60.7 Å². The minimum Gasteiger partial charge on any atom is -0.370 e. The Morgan fingerprint density at radius 2 is 1.05 bits per heavy atom. The molecule has 0 bridgehead atoms. The van der Waals surface area contributed by atoms with Gasteiger partial charge in [-0.25, -0.2) is 8.78 Å². The number of halogens is 2. The van der Waals surface area contributed by atoms with Gasteiger partial charge in [0.2, 0.25) is 0 Å². The van der Waals surface area contributed by atoms with Crippen molar-refractivity contribution < 1.29 is 18.3 Å². The summed E-state index contributed by atoms with van der Waals surface area (Å²) in [5.41, 5.74) is 1.75. The number of benzene rings is 2. The van der Waals surface area contributed by atoms with E-state index >= 15 is 0 Å². The molecule has 0 N–H and O–H groups in total. The summed E-state index contributed by atoms with van der Waals surface area (Å²) in [4.78, 5) is 0. The molecular weight excluding hydrogens is 274 g/mol. The highest BCUT2D eigenvalue weighted by atomic mass is 19.3. The van der Waals surface area contributed by atoms with Gasteiger partial charge in [0.25, 0.3) is 5.92 Å². The third-order valence-electron chi connectivity index (χ3n) is 2.85. The van der Waals surface area contributed by atoms with E-state index in [0.29, 0.717) is 0 Å². The molecule has 0 atom stereocenters. The Bertz CT molecular complexity index is 467. The minimum atomic E-state index is -2.98. The van der Waals surface area contributed by atoms with E-state index < -0.39 is 19.1 Å². The average Bonchev–Trinajstić information content (AvgIpc) is 2.49. The molecule has 2 rings (SSSR count). The van der Waals surface area contributed by atoms with Crippen LogP contribution in [0.1, 0.15) is 11.1 Å². The van der Waals surface area contributed by atoms with Gasteiger partial charge in [-0.05, 0) is 11.1 Å². The van der Waals surface area contributed by atoms with Crippen molar-refractivity contribution in [2.24, 2.45) is 0 Å². The third-order valence-corrected chi connectivity index (χ3v) is 2.85.